The number of carbonyl (C=O) groups excluding carboxylic acids is 2. The summed E-state index contributed by atoms with van der Waals surface area (Å²) in [6, 6.07) is 14.0. The smallest absolute Gasteiger partial charge is 0.338 e. The van der Waals surface area contributed by atoms with Crippen LogP contribution < -0.4 is 0 Å². The Labute approximate surface area is 166 Å². The van der Waals surface area contributed by atoms with E-state index in [-0.39, 0.29) is 11.9 Å². The van der Waals surface area contributed by atoms with Crippen molar-refractivity contribution in [3.8, 4) is 0 Å². The lowest BCUT2D eigenvalue weighted by Gasteiger charge is -2.07. The molecule has 0 saturated carbocycles. The number of likely N-dealkylation sites (N-methyl/N-ethyl adjacent to an activating group) is 1. The van der Waals surface area contributed by atoms with E-state index < -0.39 is 0 Å². The highest BCUT2D eigenvalue weighted by atomic mass is 35.5. The van der Waals surface area contributed by atoms with Gasteiger partial charge in [0, 0.05) is 12.1 Å². The van der Waals surface area contributed by atoms with Crippen molar-refractivity contribution in [3.05, 3.63) is 69.6 Å². The van der Waals surface area contributed by atoms with Gasteiger partial charge in [0.1, 0.15) is 0 Å². The molecule has 27 heavy (non-hydrogen) atoms. The number of carbonyl (C=O) groups is 2. The Kier molecular flexibility index (Phi) is 5.98. The molecule has 5 nitrogen and oxygen atoms in total. The van der Waals surface area contributed by atoms with Crippen LogP contribution in [0.2, 0.25) is 5.02 Å². The minimum atomic E-state index is -0.368. The summed E-state index contributed by atoms with van der Waals surface area (Å²) in [7, 11) is 1.68. The molecule has 7 heteroatoms. The highest BCUT2D eigenvalue weighted by Gasteiger charge is 2.30. The summed E-state index contributed by atoms with van der Waals surface area (Å²) >= 11 is 7.19. The van der Waals surface area contributed by atoms with Crippen molar-refractivity contribution >= 4 is 52.2 Å². The molecule has 1 heterocycles. The minimum absolute atomic E-state index is 0.114. The summed E-state index contributed by atoms with van der Waals surface area (Å²) in [6.45, 7) is 2.09. The number of aliphatic imine (C=N–C) groups is 1. The molecule has 0 spiro atoms. The van der Waals surface area contributed by atoms with Gasteiger partial charge in [0.05, 0.1) is 22.8 Å². The van der Waals surface area contributed by atoms with Crippen molar-refractivity contribution < 1.29 is 14.3 Å². The van der Waals surface area contributed by atoms with Gasteiger partial charge in [-0.05, 0) is 66.7 Å². The third-order valence-corrected chi connectivity index (χ3v) is 5.09. The van der Waals surface area contributed by atoms with E-state index in [1.165, 1.54) is 16.7 Å². The fourth-order valence-electron chi connectivity index (χ4n) is 2.36. The molecule has 0 atom stereocenters. The van der Waals surface area contributed by atoms with Gasteiger partial charge in [-0.3, -0.25) is 9.69 Å². The van der Waals surface area contributed by atoms with Gasteiger partial charge in [0.2, 0.25) is 0 Å². The highest BCUT2D eigenvalue weighted by Crippen LogP contribution is 2.33. The van der Waals surface area contributed by atoms with Crippen molar-refractivity contribution in [2.45, 2.75) is 6.92 Å². The molecule has 3 rings (SSSR count). The van der Waals surface area contributed by atoms with Crippen molar-refractivity contribution in [1.82, 2.24) is 4.90 Å². The number of amidine groups is 1. The number of benzene rings is 2. The van der Waals surface area contributed by atoms with Crippen LogP contribution in [0.25, 0.3) is 6.08 Å². The summed E-state index contributed by atoms with van der Waals surface area (Å²) < 4.78 is 4.96. The minimum Gasteiger partial charge on any atom is -0.462 e. The number of esters is 1. The quantitative estimate of drug-likeness (QED) is 0.549. The number of hydrogen-bond donors (Lipinski definition) is 0. The van der Waals surface area contributed by atoms with Crippen LogP contribution in [0.4, 0.5) is 5.69 Å². The average molecular weight is 401 g/mol. The van der Waals surface area contributed by atoms with Gasteiger partial charge >= 0.3 is 5.97 Å². The van der Waals surface area contributed by atoms with Gasteiger partial charge in [-0.2, -0.15) is 0 Å². The molecule has 1 aliphatic rings. The van der Waals surface area contributed by atoms with Crippen LogP contribution in [0.3, 0.4) is 0 Å². The predicted molar refractivity (Wildman–Crippen MR) is 109 cm³/mol. The van der Waals surface area contributed by atoms with E-state index in [1.54, 1.807) is 50.4 Å². The second kappa shape index (κ2) is 8.41. The van der Waals surface area contributed by atoms with Crippen LogP contribution in [0.1, 0.15) is 22.8 Å². The van der Waals surface area contributed by atoms with Gasteiger partial charge in [-0.15, -0.1) is 0 Å². The van der Waals surface area contributed by atoms with Gasteiger partial charge in [0.25, 0.3) is 5.91 Å². The molecule has 0 radical (unpaired) electrons. The van der Waals surface area contributed by atoms with Crippen molar-refractivity contribution in [1.29, 1.82) is 0 Å². The van der Waals surface area contributed by atoms with E-state index in [0.29, 0.717) is 33.0 Å². The molecule has 138 valence electrons. The van der Waals surface area contributed by atoms with Crippen LogP contribution in [-0.2, 0) is 9.53 Å². The van der Waals surface area contributed by atoms with Gasteiger partial charge in [0.15, 0.2) is 5.17 Å². The van der Waals surface area contributed by atoms with E-state index in [2.05, 4.69) is 4.99 Å². The second-order valence-electron chi connectivity index (χ2n) is 5.69. The number of rotatable bonds is 4. The normalized spacial score (nSPS) is 17.0. The first-order valence-corrected chi connectivity index (χ1v) is 9.46. The number of thioether (sulfide) groups is 1. The molecule has 0 aliphatic carbocycles. The van der Waals surface area contributed by atoms with Crippen LogP contribution >= 0.6 is 23.4 Å². The number of halogens is 1. The molecule has 1 fully saturated rings. The molecule has 0 aromatic heterocycles. The maximum atomic E-state index is 12.5. The lowest BCUT2D eigenvalue weighted by molar-refractivity contribution is -0.121. The molecule has 0 N–H and O–H groups in total. The number of ether oxygens (including phenoxy) is 1. The maximum absolute atomic E-state index is 12.5. The second-order valence-corrected chi connectivity index (χ2v) is 7.13. The predicted octanol–water partition coefficient (Wildman–Crippen LogP) is 4.75. The first-order valence-electron chi connectivity index (χ1n) is 8.27. The van der Waals surface area contributed by atoms with E-state index in [9.17, 15) is 9.59 Å². The molecule has 1 amide bonds. The van der Waals surface area contributed by atoms with Crippen LogP contribution in [0.15, 0.2) is 58.4 Å². The molecule has 1 saturated heterocycles. The molecule has 0 unspecified atom stereocenters. The zero-order valence-electron chi connectivity index (χ0n) is 14.8. The van der Waals surface area contributed by atoms with E-state index in [1.807, 2.05) is 18.2 Å². The Morgan fingerprint density at radius 2 is 1.85 bits per heavy atom. The first kappa shape index (κ1) is 19.2. The zero-order valence-corrected chi connectivity index (χ0v) is 16.4. The first-order chi connectivity index (χ1) is 13.0. The number of nitrogens with zero attached hydrogens (tertiary/aromatic N) is 2. The molecular weight excluding hydrogens is 384 g/mol. The zero-order chi connectivity index (χ0) is 19.4. The maximum Gasteiger partial charge on any atom is 0.338 e. The Morgan fingerprint density at radius 3 is 2.48 bits per heavy atom. The van der Waals surface area contributed by atoms with Gasteiger partial charge < -0.3 is 4.74 Å². The molecule has 0 bridgehead atoms. The summed E-state index contributed by atoms with van der Waals surface area (Å²) in [6.07, 6.45) is 1.81. The van der Waals surface area contributed by atoms with Crippen molar-refractivity contribution in [3.63, 3.8) is 0 Å². The monoisotopic (exact) mass is 400 g/mol. The summed E-state index contributed by atoms with van der Waals surface area (Å²) in [4.78, 5) is 30.8. The van der Waals surface area contributed by atoms with E-state index in [0.717, 1.165) is 5.56 Å². The largest absolute Gasteiger partial charge is 0.462 e. The van der Waals surface area contributed by atoms with E-state index in [4.69, 9.17) is 16.3 Å². The lowest BCUT2D eigenvalue weighted by Crippen LogP contribution is -2.23. The number of amides is 1. The van der Waals surface area contributed by atoms with Crippen LogP contribution in [0, 0.1) is 0 Å². The van der Waals surface area contributed by atoms with Crippen molar-refractivity contribution in [2.24, 2.45) is 4.99 Å². The summed E-state index contributed by atoms with van der Waals surface area (Å²) in [5.74, 6) is -0.482. The topological polar surface area (TPSA) is 59.0 Å². The number of hydrogen-bond acceptors (Lipinski definition) is 5. The Balaban J connectivity index is 1.79. The fourth-order valence-corrected chi connectivity index (χ4v) is 3.47. The third kappa shape index (κ3) is 4.59. The highest BCUT2D eigenvalue weighted by molar-refractivity contribution is 8.18. The summed E-state index contributed by atoms with van der Waals surface area (Å²) in [5, 5.41) is 1.22. The fraction of sp³-hybridized carbons (Fsp3) is 0.150. The third-order valence-electron chi connectivity index (χ3n) is 3.77. The van der Waals surface area contributed by atoms with Gasteiger partial charge in [-0.25, -0.2) is 9.79 Å². The molecular formula is C20H17ClN2O3S. The van der Waals surface area contributed by atoms with E-state index >= 15 is 0 Å². The Hall–Kier alpha value is -2.57. The van der Waals surface area contributed by atoms with Gasteiger partial charge in [-0.1, -0.05) is 23.7 Å². The standard InChI is InChI=1S/C20H17ClN2O3S/c1-3-26-19(25)14-6-10-16(11-7-14)22-20-23(2)18(24)17(27-20)12-13-4-8-15(21)9-5-13/h4-12H,3H2,1-2H3/b17-12-,22-20?. The van der Waals surface area contributed by atoms with Crippen LogP contribution in [-0.4, -0.2) is 35.6 Å². The Morgan fingerprint density at radius 1 is 1.19 bits per heavy atom. The average Bonchev–Trinajstić information content (AvgIpc) is 2.92. The SMILES string of the molecule is CCOC(=O)c1ccc(N=C2S/C(=C\c3ccc(Cl)cc3)C(=O)N2C)cc1. The lowest BCUT2D eigenvalue weighted by atomic mass is 10.2. The molecule has 1 aliphatic heterocycles. The summed E-state index contributed by atoms with van der Waals surface area (Å²) in [5.41, 5.74) is 2.01. The molecule has 2 aromatic carbocycles. The molecule has 2 aromatic rings. The van der Waals surface area contributed by atoms with Crippen molar-refractivity contribution in [2.75, 3.05) is 13.7 Å². The Bertz CT molecular complexity index is 921. The van der Waals surface area contributed by atoms with Crippen LogP contribution in [0.5, 0.6) is 0 Å².